The van der Waals surface area contributed by atoms with E-state index in [-0.39, 0.29) is 5.41 Å². The Hall–Kier alpha value is -0.510. The lowest BCUT2D eigenvalue weighted by Crippen LogP contribution is -2.28. The third-order valence-electron chi connectivity index (χ3n) is 3.91. The van der Waals surface area contributed by atoms with Crippen molar-refractivity contribution in [1.29, 1.82) is 5.26 Å². The zero-order chi connectivity index (χ0) is 9.90. The second-order valence-electron chi connectivity index (χ2n) is 4.84. The van der Waals surface area contributed by atoms with Gasteiger partial charge in [-0.15, -0.1) is 0 Å². The van der Waals surface area contributed by atoms with E-state index in [0.29, 0.717) is 5.92 Å². The van der Waals surface area contributed by atoms with Crippen LogP contribution in [0.4, 0.5) is 0 Å². The highest BCUT2D eigenvalue weighted by Crippen LogP contribution is 2.41. The summed E-state index contributed by atoms with van der Waals surface area (Å²) in [6.45, 7) is 6.60. The van der Waals surface area contributed by atoms with Crippen molar-refractivity contribution in [2.75, 3.05) is 0 Å². The lowest BCUT2D eigenvalue weighted by atomic mass is 9.67. The normalized spacial score (nSPS) is 33.4. The van der Waals surface area contributed by atoms with E-state index in [2.05, 4.69) is 26.8 Å². The van der Waals surface area contributed by atoms with Crippen molar-refractivity contribution >= 4 is 0 Å². The predicted octanol–water partition coefficient (Wildman–Crippen LogP) is 3.75. The fourth-order valence-electron chi connectivity index (χ4n) is 2.36. The van der Waals surface area contributed by atoms with Crippen LogP contribution in [0.5, 0.6) is 0 Å². The second-order valence-corrected chi connectivity index (χ2v) is 4.84. The van der Waals surface area contributed by atoms with E-state index in [1.54, 1.807) is 0 Å². The molecule has 1 rings (SSSR count). The van der Waals surface area contributed by atoms with Gasteiger partial charge in [0.05, 0.1) is 11.5 Å². The largest absolute Gasteiger partial charge is 0.198 e. The molecule has 0 aromatic rings. The first-order chi connectivity index (χ1) is 6.12. The van der Waals surface area contributed by atoms with Crippen molar-refractivity contribution < 1.29 is 0 Å². The monoisotopic (exact) mass is 179 g/mol. The molecule has 1 atom stereocenters. The molecule has 74 valence electrons. The highest BCUT2D eigenvalue weighted by molar-refractivity contribution is 5.00. The van der Waals surface area contributed by atoms with Crippen LogP contribution in [0.25, 0.3) is 0 Å². The molecule has 0 aliphatic heterocycles. The molecule has 1 nitrogen and oxygen atoms in total. The fraction of sp³-hybridized carbons (Fsp3) is 0.917. The van der Waals surface area contributed by atoms with Crippen LogP contribution in [0.1, 0.15) is 52.9 Å². The fourth-order valence-corrected chi connectivity index (χ4v) is 2.36. The average Bonchev–Trinajstić information content (AvgIpc) is 2.18. The first kappa shape index (κ1) is 10.6. The average molecular weight is 179 g/mol. The summed E-state index contributed by atoms with van der Waals surface area (Å²) < 4.78 is 0. The number of hydrogen-bond donors (Lipinski definition) is 0. The van der Waals surface area contributed by atoms with Crippen LogP contribution in [0.3, 0.4) is 0 Å². The summed E-state index contributed by atoms with van der Waals surface area (Å²) >= 11 is 0. The van der Waals surface area contributed by atoms with Gasteiger partial charge in [0.15, 0.2) is 0 Å². The topological polar surface area (TPSA) is 23.8 Å². The van der Waals surface area contributed by atoms with Crippen LogP contribution in [0.15, 0.2) is 0 Å². The highest BCUT2D eigenvalue weighted by atomic mass is 14.4. The Morgan fingerprint density at radius 3 is 2.23 bits per heavy atom. The standard InChI is InChI=1S/C12H21N/c1-4-12(3,9-13)11-7-5-10(2)6-8-11/h10-11H,4-8H2,1-3H3. The molecule has 0 bridgehead atoms. The van der Waals surface area contributed by atoms with E-state index in [0.717, 1.165) is 12.3 Å². The Kier molecular flexibility index (Phi) is 3.36. The Labute approximate surface area is 82.1 Å². The molecule has 13 heavy (non-hydrogen) atoms. The third-order valence-corrected chi connectivity index (χ3v) is 3.91. The summed E-state index contributed by atoms with van der Waals surface area (Å²) in [7, 11) is 0. The number of nitrogens with zero attached hydrogens (tertiary/aromatic N) is 1. The van der Waals surface area contributed by atoms with E-state index in [9.17, 15) is 0 Å². The van der Waals surface area contributed by atoms with Crippen LogP contribution < -0.4 is 0 Å². The Morgan fingerprint density at radius 2 is 1.85 bits per heavy atom. The Morgan fingerprint density at radius 1 is 1.31 bits per heavy atom. The minimum absolute atomic E-state index is 0.0554. The molecule has 0 radical (unpaired) electrons. The summed E-state index contributed by atoms with van der Waals surface area (Å²) in [5, 5.41) is 9.15. The van der Waals surface area contributed by atoms with Crippen LogP contribution in [0.2, 0.25) is 0 Å². The molecule has 1 heteroatoms. The molecule has 1 fully saturated rings. The minimum atomic E-state index is -0.0554. The molecular formula is C12H21N. The maximum absolute atomic E-state index is 9.15. The minimum Gasteiger partial charge on any atom is -0.198 e. The van der Waals surface area contributed by atoms with Crippen molar-refractivity contribution in [2.24, 2.45) is 17.3 Å². The third kappa shape index (κ3) is 2.24. The maximum atomic E-state index is 9.15. The zero-order valence-electron chi connectivity index (χ0n) is 9.14. The molecule has 0 heterocycles. The van der Waals surface area contributed by atoms with Gasteiger partial charge in [0.1, 0.15) is 0 Å². The molecule has 0 amide bonds. The van der Waals surface area contributed by atoms with Crippen LogP contribution >= 0.6 is 0 Å². The van der Waals surface area contributed by atoms with E-state index in [1.807, 2.05) is 0 Å². The van der Waals surface area contributed by atoms with Crippen LogP contribution in [0, 0.1) is 28.6 Å². The molecule has 1 aliphatic rings. The molecular weight excluding hydrogens is 158 g/mol. The van der Waals surface area contributed by atoms with E-state index < -0.39 is 0 Å². The molecule has 0 aromatic carbocycles. The molecule has 1 unspecified atom stereocenters. The van der Waals surface area contributed by atoms with Gasteiger partial charge in [0.25, 0.3) is 0 Å². The first-order valence-corrected chi connectivity index (χ1v) is 5.53. The second kappa shape index (κ2) is 4.13. The molecule has 1 aliphatic carbocycles. The SMILES string of the molecule is CCC(C)(C#N)C1CCC(C)CC1. The van der Waals surface area contributed by atoms with Gasteiger partial charge in [-0.1, -0.05) is 26.7 Å². The molecule has 0 saturated heterocycles. The van der Waals surface area contributed by atoms with Gasteiger partial charge in [-0.2, -0.15) is 5.26 Å². The van der Waals surface area contributed by atoms with Gasteiger partial charge in [-0.3, -0.25) is 0 Å². The lowest BCUT2D eigenvalue weighted by molar-refractivity contribution is 0.166. The summed E-state index contributed by atoms with van der Waals surface area (Å²) in [6.07, 6.45) is 6.17. The number of rotatable bonds is 2. The van der Waals surface area contributed by atoms with Gasteiger partial charge in [0.2, 0.25) is 0 Å². The molecule has 0 spiro atoms. The van der Waals surface area contributed by atoms with Crippen LogP contribution in [-0.2, 0) is 0 Å². The van der Waals surface area contributed by atoms with Crippen molar-refractivity contribution in [1.82, 2.24) is 0 Å². The van der Waals surface area contributed by atoms with E-state index in [1.165, 1.54) is 25.7 Å². The quantitative estimate of drug-likeness (QED) is 0.633. The van der Waals surface area contributed by atoms with Crippen molar-refractivity contribution in [3.63, 3.8) is 0 Å². The first-order valence-electron chi connectivity index (χ1n) is 5.53. The smallest absolute Gasteiger partial charge is 0.0689 e. The van der Waals surface area contributed by atoms with E-state index in [4.69, 9.17) is 5.26 Å². The van der Waals surface area contributed by atoms with Gasteiger partial charge in [-0.25, -0.2) is 0 Å². The summed E-state index contributed by atoms with van der Waals surface area (Å²) in [4.78, 5) is 0. The Balaban J connectivity index is 2.57. The van der Waals surface area contributed by atoms with E-state index >= 15 is 0 Å². The number of nitriles is 1. The molecule has 0 aromatic heterocycles. The summed E-state index contributed by atoms with van der Waals surface area (Å²) in [5.74, 6) is 1.54. The summed E-state index contributed by atoms with van der Waals surface area (Å²) in [5.41, 5.74) is -0.0554. The van der Waals surface area contributed by atoms with Crippen LogP contribution in [-0.4, -0.2) is 0 Å². The van der Waals surface area contributed by atoms with Gasteiger partial charge < -0.3 is 0 Å². The predicted molar refractivity (Wildman–Crippen MR) is 55.1 cm³/mol. The maximum Gasteiger partial charge on any atom is 0.0689 e. The summed E-state index contributed by atoms with van der Waals surface area (Å²) in [6, 6.07) is 2.51. The molecule has 0 N–H and O–H groups in total. The highest BCUT2D eigenvalue weighted by Gasteiger charge is 2.34. The number of hydrogen-bond acceptors (Lipinski definition) is 1. The van der Waals surface area contributed by atoms with Crippen molar-refractivity contribution in [3.05, 3.63) is 0 Å². The van der Waals surface area contributed by atoms with Gasteiger partial charge in [-0.05, 0) is 38.0 Å². The zero-order valence-corrected chi connectivity index (χ0v) is 9.14. The molecule has 1 saturated carbocycles. The lowest BCUT2D eigenvalue weighted by Gasteiger charge is -2.35. The van der Waals surface area contributed by atoms with Gasteiger partial charge >= 0.3 is 0 Å². The van der Waals surface area contributed by atoms with Crippen molar-refractivity contribution in [2.45, 2.75) is 52.9 Å². The Bertz CT molecular complexity index is 196. The van der Waals surface area contributed by atoms with Gasteiger partial charge in [0, 0.05) is 0 Å². The van der Waals surface area contributed by atoms with Crippen molar-refractivity contribution in [3.8, 4) is 6.07 Å².